The highest BCUT2D eigenvalue weighted by atomic mass is 79.9. The Morgan fingerprint density at radius 2 is 1.90 bits per heavy atom. The lowest BCUT2D eigenvalue weighted by atomic mass is 10.1. The molecule has 0 aliphatic carbocycles. The maximum atomic E-state index is 6.14. The highest BCUT2D eigenvalue weighted by molar-refractivity contribution is 9.10. The van der Waals surface area contributed by atoms with Crippen molar-refractivity contribution < 1.29 is 4.52 Å². The van der Waals surface area contributed by atoms with Gasteiger partial charge in [0.25, 0.3) is 0 Å². The minimum absolute atomic E-state index is 0.394. The lowest BCUT2D eigenvalue weighted by Gasteiger charge is -2.05. The van der Waals surface area contributed by atoms with Crippen molar-refractivity contribution in [3.8, 4) is 0 Å². The fourth-order valence-electron chi connectivity index (χ4n) is 2.10. The van der Waals surface area contributed by atoms with Gasteiger partial charge in [-0.3, -0.25) is 0 Å². The van der Waals surface area contributed by atoms with Gasteiger partial charge in [0.2, 0.25) is 5.89 Å². The zero-order valence-corrected chi connectivity index (χ0v) is 12.8. The molecule has 0 fully saturated rings. The Bertz CT molecular complexity index is 727. The van der Waals surface area contributed by atoms with Crippen molar-refractivity contribution in [2.24, 2.45) is 5.73 Å². The molecule has 3 aromatic rings. The molecule has 0 spiro atoms. The molecule has 106 valence electrons. The molecule has 0 unspecified atom stereocenters. The summed E-state index contributed by atoms with van der Waals surface area (Å²) in [5.41, 5.74) is 8.21. The topological polar surface area (TPSA) is 64.9 Å². The number of halogens is 1. The predicted octanol–water partition coefficient (Wildman–Crippen LogP) is 3.47. The van der Waals surface area contributed by atoms with Gasteiger partial charge in [0.1, 0.15) is 6.04 Å². The van der Waals surface area contributed by atoms with Gasteiger partial charge in [-0.15, -0.1) is 0 Å². The van der Waals surface area contributed by atoms with Crippen LogP contribution in [0.3, 0.4) is 0 Å². The normalized spacial score (nSPS) is 12.3. The van der Waals surface area contributed by atoms with Gasteiger partial charge in [0, 0.05) is 10.9 Å². The molecule has 0 aliphatic heterocycles. The van der Waals surface area contributed by atoms with Crippen LogP contribution < -0.4 is 5.73 Å². The molecule has 0 bridgehead atoms. The molecule has 0 saturated carbocycles. The smallest absolute Gasteiger partial charge is 0.248 e. The Morgan fingerprint density at radius 1 is 1.10 bits per heavy atom. The van der Waals surface area contributed by atoms with E-state index in [0.717, 1.165) is 15.6 Å². The average molecular weight is 344 g/mol. The van der Waals surface area contributed by atoms with Crippen LogP contribution in [0.1, 0.15) is 28.9 Å². The van der Waals surface area contributed by atoms with E-state index in [2.05, 4.69) is 26.1 Å². The number of nitrogens with two attached hydrogens (primary N) is 1. The Morgan fingerprint density at radius 3 is 2.67 bits per heavy atom. The standard InChI is InChI=1S/C16H14BrN3O/c17-13-8-4-5-11(9-13)10-14-19-16(21-20-14)15(18)12-6-2-1-3-7-12/h1-9,15H,10,18H2/t15-/m1/s1. The number of benzene rings is 2. The molecule has 0 aliphatic rings. The summed E-state index contributed by atoms with van der Waals surface area (Å²) >= 11 is 3.45. The molecule has 1 heterocycles. The molecular weight excluding hydrogens is 330 g/mol. The maximum absolute atomic E-state index is 6.14. The molecule has 5 heteroatoms. The Kier molecular flexibility index (Phi) is 4.13. The van der Waals surface area contributed by atoms with Crippen molar-refractivity contribution >= 4 is 15.9 Å². The summed E-state index contributed by atoms with van der Waals surface area (Å²) in [6, 6.07) is 17.4. The summed E-state index contributed by atoms with van der Waals surface area (Å²) < 4.78 is 6.32. The molecule has 21 heavy (non-hydrogen) atoms. The molecule has 0 saturated heterocycles. The van der Waals surface area contributed by atoms with Gasteiger partial charge >= 0.3 is 0 Å². The Labute approximate surface area is 131 Å². The third-order valence-corrected chi connectivity index (χ3v) is 3.65. The average Bonchev–Trinajstić information content (AvgIpc) is 2.96. The maximum Gasteiger partial charge on any atom is 0.248 e. The molecule has 1 atom stereocenters. The van der Waals surface area contributed by atoms with E-state index in [4.69, 9.17) is 10.3 Å². The highest BCUT2D eigenvalue weighted by Gasteiger charge is 2.16. The van der Waals surface area contributed by atoms with Gasteiger partial charge in [-0.25, -0.2) is 0 Å². The van der Waals surface area contributed by atoms with E-state index < -0.39 is 6.04 Å². The van der Waals surface area contributed by atoms with Gasteiger partial charge in [-0.1, -0.05) is 63.6 Å². The Balaban J connectivity index is 1.77. The lowest BCUT2D eigenvalue weighted by Crippen LogP contribution is -2.12. The van der Waals surface area contributed by atoms with E-state index in [1.54, 1.807) is 0 Å². The quantitative estimate of drug-likeness (QED) is 0.787. The number of nitrogens with zero attached hydrogens (tertiary/aromatic N) is 2. The van der Waals surface area contributed by atoms with Crippen LogP contribution in [0.25, 0.3) is 0 Å². The van der Waals surface area contributed by atoms with Crippen LogP contribution >= 0.6 is 15.9 Å². The second kappa shape index (κ2) is 6.20. The monoisotopic (exact) mass is 343 g/mol. The van der Waals surface area contributed by atoms with Gasteiger partial charge in [0.05, 0.1) is 0 Å². The fourth-order valence-corrected chi connectivity index (χ4v) is 2.54. The SMILES string of the molecule is N[C@H](c1ccccc1)c1nc(Cc2cccc(Br)c2)no1. The van der Waals surface area contributed by atoms with E-state index in [1.165, 1.54) is 0 Å². The van der Waals surface area contributed by atoms with E-state index >= 15 is 0 Å². The zero-order valence-electron chi connectivity index (χ0n) is 11.2. The van der Waals surface area contributed by atoms with Crippen LogP contribution in [0, 0.1) is 0 Å². The van der Waals surface area contributed by atoms with E-state index in [9.17, 15) is 0 Å². The summed E-state index contributed by atoms with van der Waals surface area (Å²) in [5.74, 6) is 1.07. The second-order valence-corrected chi connectivity index (χ2v) is 5.66. The van der Waals surface area contributed by atoms with Crippen LogP contribution in [0.4, 0.5) is 0 Å². The summed E-state index contributed by atoms with van der Waals surface area (Å²) in [6.07, 6.45) is 0.616. The third-order valence-electron chi connectivity index (χ3n) is 3.16. The number of aromatic nitrogens is 2. The fraction of sp³-hybridized carbons (Fsp3) is 0.125. The van der Waals surface area contributed by atoms with E-state index in [0.29, 0.717) is 18.1 Å². The first-order valence-corrected chi connectivity index (χ1v) is 7.39. The summed E-state index contributed by atoms with van der Waals surface area (Å²) in [7, 11) is 0. The summed E-state index contributed by atoms with van der Waals surface area (Å²) in [5, 5.41) is 4.01. The third kappa shape index (κ3) is 3.37. The van der Waals surface area contributed by atoms with Crippen LogP contribution in [-0.4, -0.2) is 10.1 Å². The largest absolute Gasteiger partial charge is 0.337 e. The summed E-state index contributed by atoms with van der Waals surface area (Å²) in [6.45, 7) is 0. The van der Waals surface area contributed by atoms with Crippen LogP contribution in [0.2, 0.25) is 0 Å². The van der Waals surface area contributed by atoms with Gasteiger partial charge < -0.3 is 10.3 Å². The van der Waals surface area contributed by atoms with E-state index in [-0.39, 0.29) is 0 Å². The van der Waals surface area contributed by atoms with Gasteiger partial charge in [-0.2, -0.15) is 4.98 Å². The first-order valence-electron chi connectivity index (χ1n) is 6.60. The molecular formula is C16H14BrN3O. The van der Waals surface area contributed by atoms with Crippen LogP contribution in [-0.2, 0) is 6.42 Å². The van der Waals surface area contributed by atoms with Crippen LogP contribution in [0.5, 0.6) is 0 Å². The lowest BCUT2D eigenvalue weighted by molar-refractivity contribution is 0.363. The zero-order chi connectivity index (χ0) is 14.7. The number of rotatable bonds is 4. The van der Waals surface area contributed by atoms with Crippen molar-refractivity contribution in [2.45, 2.75) is 12.5 Å². The van der Waals surface area contributed by atoms with Crippen molar-refractivity contribution in [3.05, 3.63) is 81.9 Å². The number of hydrogen-bond acceptors (Lipinski definition) is 4. The molecule has 0 radical (unpaired) electrons. The molecule has 4 nitrogen and oxygen atoms in total. The van der Waals surface area contributed by atoms with E-state index in [1.807, 2.05) is 54.6 Å². The molecule has 1 aromatic heterocycles. The van der Waals surface area contributed by atoms with Gasteiger partial charge in [0.15, 0.2) is 5.82 Å². The van der Waals surface area contributed by atoms with Crippen LogP contribution in [0.15, 0.2) is 63.6 Å². The first kappa shape index (κ1) is 14.0. The highest BCUT2D eigenvalue weighted by Crippen LogP contribution is 2.19. The van der Waals surface area contributed by atoms with Crippen molar-refractivity contribution in [1.82, 2.24) is 10.1 Å². The second-order valence-electron chi connectivity index (χ2n) is 4.74. The Hall–Kier alpha value is -1.98. The molecule has 2 N–H and O–H groups in total. The molecule has 2 aromatic carbocycles. The predicted molar refractivity (Wildman–Crippen MR) is 83.7 cm³/mol. The minimum Gasteiger partial charge on any atom is -0.337 e. The van der Waals surface area contributed by atoms with Crippen molar-refractivity contribution in [3.63, 3.8) is 0 Å². The first-order chi connectivity index (χ1) is 10.2. The summed E-state index contributed by atoms with van der Waals surface area (Å²) in [4.78, 5) is 4.39. The molecule has 3 rings (SSSR count). The van der Waals surface area contributed by atoms with Gasteiger partial charge in [-0.05, 0) is 23.3 Å². The number of hydrogen-bond donors (Lipinski definition) is 1. The van der Waals surface area contributed by atoms with Crippen molar-refractivity contribution in [2.75, 3.05) is 0 Å². The van der Waals surface area contributed by atoms with Crippen molar-refractivity contribution in [1.29, 1.82) is 0 Å². The molecule has 0 amide bonds. The minimum atomic E-state index is -0.394.